The Kier molecular flexibility index (Phi) is 6.67. The van der Waals surface area contributed by atoms with Gasteiger partial charge in [0, 0.05) is 22.5 Å². The Morgan fingerprint density at radius 3 is 2.81 bits per heavy atom. The molecule has 2 aromatic rings. The van der Waals surface area contributed by atoms with E-state index in [1.807, 2.05) is 30.3 Å². The van der Waals surface area contributed by atoms with Crippen molar-refractivity contribution in [1.82, 2.24) is 5.32 Å². The molecule has 2 atom stereocenters. The first-order chi connectivity index (χ1) is 10.2. The maximum Gasteiger partial charge on any atom is 0.0898 e. The van der Waals surface area contributed by atoms with Gasteiger partial charge in [-0.2, -0.15) is 0 Å². The van der Waals surface area contributed by atoms with Crippen molar-refractivity contribution in [3.63, 3.8) is 0 Å². The van der Waals surface area contributed by atoms with Gasteiger partial charge in [-0.1, -0.05) is 35.9 Å². The van der Waals surface area contributed by atoms with E-state index in [1.165, 1.54) is 4.88 Å². The van der Waals surface area contributed by atoms with Crippen LogP contribution in [0.4, 0.5) is 0 Å². The lowest BCUT2D eigenvalue weighted by molar-refractivity contribution is 0.0279. The van der Waals surface area contributed by atoms with E-state index in [2.05, 4.69) is 23.7 Å². The van der Waals surface area contributed by atoms with Crippen LogP contribution in [0.2, 0.25) is 5.02 Å². The molecule has 0 aliphatic rings. The minimum absolute atomic E-state index is 0.239. The van der Waals surface area contributed by atoms with Crippen LogP contribution in [0.1, 0.15) is 23.4 Å². The van der Waals surface area contributed by atoms with Gasteiger partial charge in [-0.25, -0.2) is 0 Å². The average molecular weight is 326 g/mol. The fourth-order valence-electron chi connectivity index (χ4n) is 1.93. The first-order valence-corrected chi connectivity index (χ1v) is 8.18. The van der Waals surface area contributed by atoms with Gasteiger partial charge in [0.1, 0.15) is 0 Å². The van der Waals surface area contributed by atoms with E-state index < -0.39 is 6.10 Å². The minimum Gasteiger partial charge on any atom is -0.389 e. The monoisotopic (exact) mass is 325 g/mol. The van der Waals surface area contributed by atoms with E-state index in [9.17, 15) is 5.11 Å². The van der Waals surface area contributed by atoms with E-state index in [0.29, 0.717) is 18.2 Å². The molecule has 1 unspecified atom stereocenters. The van der Waals surface area contributed by atoms with Crippen LogP contribution in [0.15, 0.2) is 41.8 Å². The third kappa shape index (κ3) is 5.41. The van der Waals surface area contributed by atoms with Crippen LogP contribution < -0.4 is 5.32 Å². The predicted octanol–water partition coefficient (Wildman–Crippen LogP) is 3.63. The summed E-state index contributed by atoms with van der Waals surface area (Å²) in [5.74, 6) is 0. The van der Waals surface area contributed by atoms with E-state index in [-0.39, 0.29) is 12.6 Å². The van der Waals surface area contributed by atoms with E-state index in [1.54, 1.807) is 11.3 Å². The number of halogens is 1. The van der Waals surface area contributed by atoms with Gasteiger partial charge >= 0.3 is 0 Å². The van der Waals surface area contributed by atoms with E-state index in [4.69, 9.17) is 16.3 Å². The Balaban J connectivity index is 1.66. The third-order valence-electron chi connectivity index (χ3n) is 3.16. The number of thiophene rings is 1. The minimum atomic E-state index is -0.533. The van der Waals surface area contributed by atoms with Gasteiger partial charge in [-0.3, -0.25) is 0 Å². The molecule has 0 bridgehead atoms. The van der Waals surface area contributed by atoms with Crippen molar-refractivity contribution in [2.75, 3.05) is 13.2 Å². The van der Waals surface area contributed by atoms with Gasteiger partial charge in [0.05, 0.1) is 19.3 Å². The molecule has 114 valence electrons. The molecule has 0 aliphatic heterocycles. The normalized spacial score (nSPS) is 14.0. The van der Waals surface area contributed by atoms with Gasteiger partial charge in [-0.05, 0) is 30.0 Å². The quantitative estimate of drug-likeness (QED) is 0.778. The first-order valence-electron chi connectivity index (χ1n) is 6.93. The lowest BCUT2D eigenvalue weighted by Gasteiger charge is -2.16. The number of hydrogen-bond donors (Lipinski definition) is 2. The Labute approximate surface area is 134 Å². The smallest absolute Gasteiger partial charge is 0.0898 e. The fourth-order valence-corrected chi connectivity index (χ4v) is 2.88. The van der Waals surface area contributed by atoms with Crippen molar-refractivity contribution in [3.05, 3.63) is 57.2 Å². The molecule has 2 N–H and O–H groups in total. The van der Waals surface area contributed by atoms with Crippen LogP contribution in [0.5, 0.6) is 0 Å². The molecule has 0 spiro atoms. The molecule has 1 aromatic carbocycles. The second-order valence-corrected chi connectivity index (χ2v) is 6.29. The summed E-state index contributed by atoms with van der Waals surface area (Å²) in [6, 6.07) is 11.9. The highest BCUT2D eigenvalue weighted by Crippen LogP contribution is 2.18. The lowest BCUT2D eigenvalue weighted by atomic mass is 10.2. The highest BCUT2D eigenvalue weighted by Gasteiger charge is 2.10. The van der Waals surface area contributed by atoms with Crippen LogP contribution in [-0.4, -0.2) is 24.4 Å². The maximum absolute atomic E-state index is 9.93. The van der Waals surface area contributed by atoms with Crippen LogP contribution in [0.25, 0.3) is 0 Å². The number of aliphatic hydroxyl groups is 1. The summed E-state index contributed by atoms with van der Waals surface area (Å²) in [6.07, 6.45) is -0.533. The number of hydrogen-bond acceptors (Lipinski definition) is 4. The molecule has 0 amide bonds. The Hall–Kier alpha value is -0.910. The molecule has 0 saturated carbocycles. The van der Waals surface area contributed by atoms with Crippen LogP contribution >= 0.6 is 22.9 Å². The molecule has 0 saturated heterocycles. The van der Waals surface area contributed by atoms with Gasteiger partial charge in [0.25, 0.3) is 0 Å². The first kappa shape index (κ1) is 16.5. The zero-order valence-electron chi connectivity index (χ0n) is 12.0. The summed E-state index contributed by atoms with van der Waals surface area (Å²) < 4.78 is 5.51. The maximum atomic E-state index is 9.93. The van der Waals surface area contributed by atoms with Crippen molar-refractivity contribution in [2.45, 2.75) is 25.7 Å². The molecule has 1 heterocycles. The summed E-state index contributed by atoms with van der Waals surface area (Å²) in [6.45, 7) is 3.29. The number of ether oxygens (including phenoxy) is 1. The summed E-state index contributed by atoms with van der Waals surface area (Å²) in [7, 11) is 0. The molecule has 1 aromatic heterocycles. The molecule has 5 heteroatoms. The van der Waals surface area contributed by atoms with Crippen molar-refractivity contribution >= 4 is 22.9 Å². The van der Waals surface area contributed by atoms with E-state index in [0.717, 1.165) is 5.56 Å². The molecule has 21 heavy (non-hydrogen) atoms. The molecular formula is C16H20ClNO2S. The predicted molar refractivity (Wildman–Crippen MR) is 87.9 cm³/mol. The number of rotatable bonds is 8. The lowest BCUT2D eigenvalue weighted by Crippen LogP contribution is -2.31. The zero-order chi connectivity index (χ0) is 15.1. The van der Waals surface area contributed by atoms with Crippen LogP contribution in [-0.2, 0) is 11.3 Å². The topological polar surface area (TPSA) is 41.5 Å². The largest absolute Gasteiger partial charge is 0.389 e. The highest BCUT2D eigenvalue weighted by atomic mass is 35.5. The Morgan fingerprint density at radius 1 is 1.29 bits per heavy atom. The Morgan fingerprint density at radius 2 is 2.10 bits per heavy atom. The average Bonchev–Trinajstić information content (AvgIpc) is 3.01. The summed E-state index contributed by atoms with van der Waals surface area (Å²) >= 11 is 7.76. The third-order valence-corrected chi connectivity index (χ3v) is 4.58. The zero-order valence-corrected chi connectivity index (χ0v) is 13.5. The summed E-state index contributed by atoms with van der Waals surface area (Å²) in [5.41, 5.74) is 0.936. The van der Waals surface area contributed by atoms with Crippen LogP contribution in [0.3, 0.4) is 0 Å². The number of benzene rings is 1. The van der Waals surface area contributed by atoms with Gasteiger partial charge < -0.3 is 15.2 Å². The van der Waals surface area contributed by atoms with E-state index >= 15 is 0 Å². The van der Waals surface area contributed by atoms with Gasteiger partial charge in [0.15, 0.2) is 0 Å². The second-order valence-electron chi connectivity index (χ2n) is 4.91. The van der Waals surface area contributed by atoms with Crippen molar-refractivity contribution in [2.24, 2.45) is 0 Å². The fraction of sp³-hybridized carbons (Fsp3) is 0.375. The van der Waals surface area contributed by atoms with Crippen molar-refractivity contribution in [3.8, 4) is 0 Å². The van der Waals surface area contributed by atoms with Crippen LogP contribution in [0, 0.1) is 0 Å². The molecule has 0 fully saturated rings. The SMILES string of the molecule is C[C@H](NCC(O)COCc1ccccc1Cl)c1cccs1. The number of nitrogens with one attached hydrogen (secondary N) is 1. The second kappa shape index (κ2) is 8.51. The number of aliphatic hydroxyl groups excluding tert-OH is 1. The molecular weight excluding hydrogens is 306 g/mol. The highest BCUT2D eigenvalue weighted by molar-refractivity contribution is 7.10. The molecule has 2 rings (SSSR count). The summed E-state index contributed by atoms with van der Waals surface area (Å²) in [5, 5.41) is 16.0. The van der Waals surface area contributed by atoms with Gasteiger partial charge in [0.2, 0.25) is 0 Å². The summed E-state index contributed by atoms with van der Waals surface area (Å²) in [4.78, 5) is 1.26. The standard InChI is InChI=1S/C16H20ClNO2S/c1-12(16-7-4-8-21-16)18-9-14(19)11-20-10-13-5-2-3-6-15(13)17/h2-8,12,14,18-19H,9-11H2,1H3/t12-,14?/m0/s1. The molecule has 3 nitrogen and oxygen atoms in total. The molecule has 0 radical (unpaired) electrons. The van der Waals surface area contributed by atoms with Crippen molar-refractivity contribution < 1.29 is 9.84 Å². The Bertz CT molecular complexity index is 533. The van der Waals surface area contributed by atoms with Gasteiger partial charge in [-0.15, -0.1) is 11.3 Å². The van der Waals surface area contributed by atoms with Crippen molar-refractivity contribution in [1.29, 1.82) is 0 Å². The molecule has 0 aliphatic carbocycles.